The Labute approximate surface area is 208 Å². The van der Waals surface area contributed by atoms with Crippen molar-refractivity contribution in [3.05, 3.63) is 99.0 Å². The number of benzene rings is 3. The molecule has 5 nitrogen and oxygen atoms in total. The fourth-order valence-electron chi connectivity index (χ4n) is 3.14. The van der Waals surface area contributed by atoms with E-state index in [0.717, 1.165) is 5.56 Å². The van der Waals surface area contributed by atoms with Crippen molar-refractivity contribution in [3.8, 4) is 0 Å². The minimum Gasteiger partial charge on any atom is -0.462 e. The second-order valence-corrected chi connectivity index (χ2v) is 8.38. The van der Waals surface area contributed by atoms with Crippen LogP contribution in [0.4, 0.5) is 5.69 Å². The van der Waals surface area contributed by atoms with Crippen molar-refractivity contribution < 1.29 is 14.3 Å². The normalized spacial score (nSPS) is 10.4. The Bertz CT molecular complexity index is 1160. The second-order valence-electron chi connectivity index (χ2n) is 7.18. The quantitative estimate of drug-likeness (QED) is 0.322. The number of carbonyl (C=O) groups is 2. The summed E-state index contributed by atoms with van der Waals surface area (Å²) in [7, 11) is 0. The SMILES string of the molecule is CCOC(=O)c1ccc(N(Cc2c(Cl)cccc2Cl)C(=S)NC(=O)c2cccc(C)c2)cc1. The van der Waals surface area contributed by atoms with Crippen LogP contribution in [0.5, 0.6) is 0 Å². The molecule has 3 aromatic rings. The molecule has 0 heterocycles. The number of hydrogen-bond donors (Lipinski definition) is 1. The summed E-state index contributed by atoms with van der Waals surface area (Å²) in [6.45, 7) is 4.15. The molecule has 0 aromatic heterocycles. The highest BCUT2D eigenvalue weighted by Crippen LogP contribution is 2.28. The Morgan fingerprint density at radius 2 is 1.61 bits per heavy atom. The third-order valence-corrected chi connectivity index (χ3v) is 5.84. The van der Waals surface area contributed by atoms with Crippen molar-refractivity contribution in [2.45, 2.75) is 20.4 Å². The molecule has 0 saturated carbocycles. The lowest BCUT2D eigenvalue weighted by Gasteiger charge is -2.26. The van der Waals surface area contributed by atoms with Crippen LogP contribution < -0.4 is 10.2 Å². The summed E-state index contributed by atoms with van der Waals surface area (Å²) in [4.78, 5) is 26.5. The highest BCUT2D eigenvalue weighted by Gasteiger charge is 2.20. The summed E-state index contributed by atoms with van der Waals surface area (Å²) in [6, 6.07) is 19.2. The molecule has 1 amide bonds. The first-order valence-corrected chi connectivity index (χ1v) is 11.4. The summed E-state index contributed by atoms with van der Waals surface area (Å²) >= 11 is 18.4. The maximum Gasteiger partial charge on any atom is 0.338 e. The molecule has 0 fully saturated rings. The largest absolute Gasteiger partial charge is 0.462 e. The number of carbonyl (C=O) groups excluding carboxylic acids is 2. The minimum atomic E-state index is -0.417. The molecule has 0 saturated heterocycles. The van der Waals surface area contributed by atoms with Gasteiger partial charge in [0.25, 0.3) is 5.91 Å². The standard InChI is InChI=1S/C25H22Cl2N2O3S/c1-3-32-24(31)17-10-12-19(13-11-17)29(15-20-21(26)8-5-9-22(20)27)25(33)28-23(30)18-7-4-6-16(2)14-18/h4-14H,3,15H2,1-2H3,(H,28,30,33). The molecule has 0 spiro atoms. The number of ether oxygens (including phenoxy) is 1. The number of anilines is 1. The fourth-order valence-corrected chi connectivity index (χ4v) is 3.92. The molecule has 0 atom stereocenters. The number of rotatable bonds is 6. The van der Waals surface area contributed by atoms with E-state index in [4.69, 9.17) is 40.2 Å². The average Bonchev–Trinajstić information content (AvgIpc) is 2.79. The summed E-state index contributed by atoms with van der Waals surface area (Å²) in [5.41, 5.74) is 3.16. The molecule has 0 aliphatic heterocycles. The maximum absolute atomic E-state index is 12.8. The predicted molar refractivity (Wildman–Crippen MR) is 136 cm³/mol. The van der Waals surface area contributed by atoms with Crippen LogP contribution in [0.25, 0.3) is 0 Å². The highest BCUT2D eigenvalue weighted by atomic mass is 35.5. The van der Waals surface area contributed by atoms with Crippen LogP contribution in [0.3, 0.4) is 0 Å². The van der Waals surface area contributed by atoms with Crippen LogP contribution >= 0.6 is 35.4 Å². The van der Waals surface area contributed by atoms with E-state index >= 15 is 0 Å². The maximum atomic E-state index is 12.8. The van der Waals surface area contributed by atoms with Crippen molar-refractivity contribution >= 4 is 58.1 Å². The van der Waals surface area contributed by atoms with Gasteiger partial charge in [0.15, 0.2) is 5.11 Å². The zero-order valence-corrected chi connectivity index (χ0v) is 20.4. The Kier molecular flexibility index (Phi) is 8.44. The van der Waals surface area contributed by atoms with Crippen molar-refractivity contribution in [2.75, 3.05) is 11.5 Å². The smallest absolute Gasteiger partial charge is 0.338 e. The van der Waals surface area contributed by atoms with Gasteiger partial charge >= 0.3 is 5.97 Å². The average molecular weight is 501 g/mol. The van der Waals surface area contributed by atoms with Gasteiger partial charge in [-0.2, -0.15) is 0 Å². The number of hydrogen-bond acceptors (Lipinski definition) is 4. The molecule has 0 aliphatic rings. The summed E-state index contributed by atoms with van der Waals surface area (Å²) in [6.07, 6.45) is 0. The van der Waals surface area contributed by atoms with E-state index in [-0.39, 0.29) is 24.2 Å². The molecular weight excluding hydrogens is 479 g/mol. The highest BCUT2D eigenvalue weighted by molar-refractivity contribution is 7.80. The molecular formula is C25H22Cl2N2O3S. The first-order valence-electron chi connectivity index (χ1n) is 10.2. The van der Waals surface area contributed by atoms with Crippen LogP contribution in [0.1, 0.15) is 38.8 Å². The predicted octanol–water partition coefficient (Wildman–Crippen LogP) is 6.20. The van der Waals surface area contributed by atoms with E-state index in [1.807, 2.05) is 19.1 Å². The van der Waals surface area contributed by atoms with E-state index in [1.54, 1.807) is 66.4 Å². The summed E-state index contributed by atoms with van der Waals surface area (Å²) < 4.78 is 5.04. The molecule has 0 radical (unpaired) electrons. The first kappa shape index (κ1) is 24.7. The Morgan fingerprint density at radius 3 is 2.21 bits per heavy atom. The zero-order chi connectivity index (χ0) is 24.0. The van der Waals surface area contributed by atoms with Gasteiger partial charge < -0.3 is 9.64 Å². The van der Waals surface area contributed by atoms with Crippen molar-refractivity contribution in [1.82, 2.24) is 5.32 Å². The van der Waals surface area contributed by atoms with Gasteiger partial charge in [-0.1, -0.05) is 47.0 Å². The van der Waals surface area contributed by atoms with Gasteiger partial charge in [-0.15, -0.1) is 0 Å². The number of nitrogens with one attached hydrogen (secondary N) is 1. The van der Waals surface area contributed by atoms with Gasteiger partial charge in [0, 0.05) is 26.9 Å². The van der Waals surface area contributed by atoms with Crippen LogP contribution in [0, 0.1) is 6.92 Å². The minimum absolute atomic E-state index is 0.168. The van der Waals surface area contributed by atoms with Gasteiger partial charge in [0.05, 0.1) is 18.7 Å². The summed E-state index contributed by atoms with van der Waals surface area (Å²) in [5, 5.41) is 3.90. The molecule has 3 rings (SSSR count). The van der Waals surface area contributed by atoms with Crippen LogP contribution in [0.15, 0.2) is 66.7 Å². The number of aryl methyl sites for hydroxylation is 1. The monoisotopic (exact) mass is 500 g/mol. The van der Waals surface area contributed by atoms with Crippen LogP contribution in [-0.4, -0.2) is 23.6 Å². The third kappa shape index (κ3) is 6.32. The van der Waals surface area contributed by atoms with E-state index in [1.165, 1.54) is 0 Å². The lowest BCUT2D eigenvalue weighted by Crippen LogP contribution is -2.42. The summed E-state index contributed by atoms with van der Waals surface area (Å²) in [5.74, 6) is -0.748. The number of halogens is 2. The van der Waals surface area contributed by atoms with Gasteiger partial charge in [-0.05, 0) is 74.6 Å². The molecule has 1 N–H and O–H groups in total. The van der Waals surface area contributed by atoms with E-state index < -0.39 is 5.97 Å². The van der Waals surface area contributed by atoms with Gasteiger partial charge in [-0.25, -0.2) is 4.79 Å². The van der Waals surface area contributed by atoms with Gasteiger partial charge in [-0.3, -0.25) is 10.1 Å². The lowest BCUT2D eigenvalue weighted by molar-refractivity contribution is 0.0526. The second kappa shape index (κ2) is 11.3. The molecule has 0 aliphatic carbocycles. The Morgan fingerprint density at radius 1 is 0.970 bits per heavy atom. The van der Waals surface area contributed by atoms with E-state index in [0.29, 0.717) is 32.4 Å². The molecule has 0 unspecified atom stereocenters. The fraction of sp³-hybridized carbons (Fsp3) is 0.160. The molecule has 170 valence electrons. The Balaban J connectivity index is 1.92. The third-order valence-electron chi connectivity index (χ3n) is 4.81. The van der Waals surface area contributed by atoms with Crippen molar-refractivity contribution in [1.29, 1.82) is 0 Å². The van der Waals surface area contributed by atoms with E-state index in [2.05, 4.69) is 5.32 Å². The first-order chi connectivity index (χ1) is 15.8. The number of esters is 1. The van der Waals surface area contributed by atoms with Crippen LogP contribution in [-0.2, 0) is 11.3 Å². The molecule has 33 heavy (non-hydrogen) atoms. The topological polar surface area (TPSA) is 58.6 Å². The molecule has 8 heteroatoms. The van der Waals surface area contributed by atoms with Crippen LogP contribution in [0.2, 0.25) is 10.0 Å². The van der Waals surface area contributed by atoms with Gasteiger partial charge in [0.2, 0.25) is 0 Å². The Hall–Kier alpha value is -2.93. The van der Waals surface area contributed by atoms with Gasteiger partial charge in [0.1, 0.15) is 0 Å². The molecule has 3 aromatic carbocycles. The van der Waals surface area contributed by atoms with E-state index in [9.17, 15) is 9.59 Å². The number of thiocarbonyl (C=S) groups is 1. The van der Waals surface area contributed by atoms with Crippen molar-refractivity contribution in [3.63, 3.8) is 0 Å². The van der Waals surface area contributed by atoms with Crippen molar-refractivity contribution in [2.24, 2.45) is 0 Å². The zero-order valence-electron chi connectivity index (χ0n) is 18.1. The molecule has 0 bridgehead atoms. The lowest BCUT2D eigenvalue weighted by atomic mass is 10.1. The number of amides is 1. The number of nitrogens with zero attached hydrogens (tertiary/aromatic N) is 1.